The van der Waals surface area contributed by atoms with Crippen molar-refractivity contribution in [3.63, 3.8) is 0 Å². The summed E-state index contributed by atoms with van der Waals surface area (Å²) >= 11 is 3.43. The normalized spacial score (nSPS) is 17.1. The molecule has 0 unspecified atom stereocenters. The first-order valence-electron chi connectivity index (χ1n) is 6.99. The number of nitrogens with zero attached hydrogens (tertiary/aromatic N) is 4. The molecule has 3 heterocycles. The molecule has 20 heavy (non-hydrogen) atoms. The minimum Gasteiger partial charge on any atom is -0.353 e. The van der Waals surface area contributed by atoms with Gasteiger partial charge in [-0.3, -0.25) is 0 Å². The summed E-state index contributed by atoms with van der Waals surface area (Å²) in [6.07, 6.45) is 3.11. The molecule has 2 aromatic rings. The summed E-state index contributed by atoms with van der Waals surface area (Å²) in [5, 5.41) is 2.12. The Bertz CT molecular complexity index is 602. The Kier molecular flexibility index (Phi) is 4.14. The van der Waals surface area contributed by atoms with Gasteiger partial charge in [-0.05, 0) is 25.8 Å². The number of likely N-dealkylation sites (N-methyl/N-ethyl adjacent to an activating group) is 1. The summed E-state index contributed by atoms with van der Waals surface area (Å²) in [5.74, 6) is 1.13. The van der Waals surface area contributed by atoms with Crippen LogP contribution in [0.1, 0.15) is 11.8 Å². The van der Waals surface area contributed by atoms with Crippen LogP contribution in [-0.2, 0) is 6.42 Å². The predicted molar refractivity (Wildman–Crippen MR) is 88.3 cm³/mol. The lowest BCUT2D eigenvalue weighted by Crippen LogP contribution is -2.44. The van der Waals surface area contributed by atoms with E-state index in [9.17, 15) is 0 Å². The molecule has 2 aromatic heterocycles. The number of aryl methyl sites for hydroxylation is 1. The van der Waals surface area contributed by atoms with E-state index in [1.807, 2.05) is 6.26 Å². The molecule has 1 aliphatic heterocycles. The number of thioether (sulfide) groups is 1. The van der Waals surface area contributed by atoms with E-state index in [2.05, 4.69) is 34.8 Å². The van der Waals surface area contributed by atoms with Gasteiger partial charge in [0.2, 0.25) is 0 Å². The minimum atomic E-state index is 0.885. The van der Waals surface area contributed by atoms with E-state index in [0.29, 0.717) is 0 Å². The van der Waals surface area contributed by atoms with Gasteiger partial charge in [0.15, 0.2) is 5.16 Å². The van der Waals surface area contributed by atoms with Crippen LogP contribution in [-0.4, -0.2) is 54.4 Å². The molecule has 3 rings (SSSR count). The van der Waals surface area contributed by atoms with Crippen molar-refractivity contribution < 1.29 is 0 Å². The van der Waals surface area contributed by atoms with Crippen LogP contribution in [0, 0.1) is 0 Å². The summed E-state index contributed by atoms with van der Waals surface area (Å²) in [5.41, 5.74) is 0. The molecular formula is C14H20N4S2. The Labute approximate surface area is 128 Å². The molecule has 0 saturated carbocycles. The van der Waals surface area contributed by atoms with E-state index < -0.39 is 0 Å². The van der Waals surface area contributed by atoms with Crippen LogP contribution in [0.3, 0.4) is 0 Å². The third kappa shape index (κ3) is 2.64. The molecule has 0 bridgehead atoms. The second kappa shape index (κ2) is 5.87. The number of rotatable bonds is 3. The third-order valence-corrected chi connectivity index (χ3v) is 5.46. The number of thiophene rings is 1. The average Bonchev–Trinajstić information content (AvgIpc) is 2.90. The van der Waals surface area contributed by atoms with Gasteiger partial charge in [-0.2, -0.15) is 0 Å². The highest BCUT2D eigenvalue weighted by Gasteiger charge is 2.20. The van der Waals surface area contributed by atoms with Crippen LogP contribution in [0.5, 0.6) is 0 Å². The summed E-state index contributed by atoms with van der Waals surface area (Å²) in [6, 6.07) is 2.28. The Balaban J connectivity index is 2.05. The van der Waals surface area contributed by atoms with Crippen molar-refractivity contribution in [1.82, 2.24) is 14.9 Å². The Hall–Kier alpha value is -0.850. The van der Waals surface area contributed by atoms with Gasteiger partial charge in [-0.1, -0.05) is 18.7 Å². The number of piperazine rings is 1. The zero-order chi connectivity index (χ0) is 14.1. The van der Waals surface area contributed by atoms with Crippen molar-refractivity contribution >= 4 is 39.1 Å². The lowest BCUT2D eigenvalue weighted by molar-refractivity contribution is 0.312. The fraction of sp³-hybridized carbons (Fsp3) is 0.571. The quantitative estimate of drug-likeness (QED) is 0.643. The molecule has 0 amide bonds. The molecule has 1 aliphatic rings. The van der Waals surface area contributed by atoms with Crippen LogP contribution in [0.4, 0.5) is 5.82 Å². The number of anilines is 1. The van der Waals surface area contributed by atoms with Gasteiger partial charge in [0.25, 0.3) is 0 Å². The SMILES string of the molecule is CCc1cc2c(N3CCN(C)CC3)nc(SC)nc2s1. The standard InChI is InChI=1S/C14H20N4S2/c1-4-10-9-11-12(18-7-5-17(2)6-8-18)15-14(19-3)16-13(11)20-10/h9H,4-8H2,1-3H3. The van der Waals surface area contributed by atoms with Crippen molar-refractivity contribution in [2.45, 2.75) is 18.5 Å². The highest BCUT2D eigenvalue weighted by Crippen LogP contribution is 2.33. The molecule has 0 aromatic carbocycles. The maximum atomic E-state index is 4.78. The van der Waals surface area contributed by atoms with Crippen molar-refractivity contribution in [3.8, 4) is 0 Å². The summed E-state index contributed by atoms with van der Waals surface area (Å²) in [4.78, 5) is 16.8. The Morgan fingerprint density at radius 3 is 2.65 bits per heavy atom. The molecule has 0 spiro atoms. The molecule has 0 atom stereocenters. The fourth-order valence-corrected chi connectivity index (χ4v) is 3.84. The average molecular weight is 308 g/mol. The van der Waals surface area contributed by atoms with Gasteiger partial charge >= 0.3 is 0 Å². The molecule has 1 saturated heterocycles. The topological polar surface area (TPSA) is 32.3 Å². The Morgan fingerprint density at radius 2 is 2.00 bits per heavy atom. The van der Waals surface area contributed by atoms with Crippen molar-refractivity contribution in [3.05, 3.63) is 10.9 Å². The van der Waals surface area contributed by atoms with Gasteiger partial charge in [0.1, 0.15) is 10.6 Å². The van der Waals surface area contributed by atoms with E-state index >= 15 is 0 Å². The number of fused-ring (bicyclic) bond motifs is 1. The lowest BCUT2D eigenvalue weighted by atomic mass is 10.2. The van der Waals surface area contributed by atoms with Crippen molar-refractivity contribution in [1.29, 1.82) is 0 Å². The summed E-state index contributed by atoms with van der Waals surface area (Å²) in [6.45, 7) is 6.50. The number of hydrogen-bond acceptors (Lipinski definition) is 6. The molecule has 108 valence electrons. The highest BCUT2D eigenvalue weighted by atomic mass is 32.2. The maximum Gasteiger partial charge on any atom is 0.190 e. The predicted octanol–water partition coefficient (Wildman–Crippen LogP) is 2.73. The van der Waals surface area contributed by atoms with Crippen LogP contribution >= 0.6 is 23.1 Å². The third-order valence-electron chi connectivity index (χ3n) is 3.74. The van der Waals surface area contributed by atoms with Crippen molar-refractivity contribution in [2.75, 3.05) is 44.4 Å². The molecular weight excluding hydrogens is 288 g/mol. The van der Waals surface area contributed by atoms with Gasteiger partial charge in [-0.25, -0.2) is 9.97 Å². The number of hydrogen-bond donors (Lipinski definition) is 0. The maximum absolute atomic E-state index is 4.78. The monoisotopic (exact) mass is 308 g/mol. The van der Waals surface area contributed by atoms with Crippen LogP contribution < -0.4 is 4.90 Å². The second-order valence-corrected chi connectivity index (χ2v) is 7.00. The molecule has 0 radical (unpaired) electrons. The Morgan fingerprint density at radius 1 is 1.25 bits per heavy atom. The van der Waals surface area contributed by atoms with E-state index in [4.69, 9.17) is 4.98 Å². The van der Waals surface area contributed by atoms with Crippen LogP contribution in [0.15, 0.2) is 11.2 Å². The highest BCUT2D eigenvalue weighted by molar-refractivity contribution is 7.98. The molecule has 6 heteroatoms. The molecule has 4 nitrogen and oxygen atoms in total. The zero-order valence-electron chi connectivity index (χ0n) is 12.2. The molecule has 0 aliphatic carbocycles. The van der Waals surface area contributed by atoms with Gasteiger partial charge < -0.3 is 9.80 Å². The smallest absolute Gasteiger partial charge is 0.190 e. The first-order valence-corrected chi connectivity index (χ1v) is 9.03. The van der Waals surface area contributed by atoms with E-state index in [-0.39, 0.29) is 0 Å². The van der Waals surface area contributed by atoms with E-state index in [1.54, 1.807) is 23.1 Å². The van der Waals surface area contributed by atoms with E-state index in [0.717, 1.165) is 48.4 Å². The van der Waals surface area contributed by atoms with Gasteiger partial charge in [0, 0.05) is 31.1 Å². The summed E-state index contributed by atoms with van der Waals surface area (Å²) in [7, 11) is 2.18. The first-order chi connectivity index (χ1) is 9.71. The first kappa shape index (κ1) is 14.1. The minimum absolute atomic E-state index is 0.885. The largest absolute Gasteiger partial charge is 0.353 e. The van der Waals surface area contributed by atoms with Gasteiger partial charge in [-0.15, -0.1) is 11.3 Å². The lowest BCUT2D eigenvalue weighted by Gasteiger charge is -2.33. The molecule has 0 N–H and O–H groups in total. The number of aromatic nitrogens is 2. The second-order valence-electron chi connectivity index (χ2n) is 5.11. The van der Waals surface area contributed by atoms with Crippen LogP contribution in [0.2, 0.25) is 0 Å². The fourth-order valence-electron chi connectivity index (χ4n) is 2.46. The van der Waals surface area contributed by atoms with Crippen molar-refractivity contribution in [2.24, 2.45) is 0 Å². The van der Waals surface area contributed by atoms with Gasteiger partial charge in [0.05, 0.1) is 5.39 Å². The summed E-state index contributed by atoms with van der Waals surface area (Å²) < 4.78 is 0. The zero-order valence-corrected chi connectivity index (χ0v) is 13.9. The van der Waals surface area contributed by atoms with Crippen LogP contribution in [0.25, 0.3) is 10.2 Å². The van der Waals surface area contributed by atoms with E-state index in [1.165, 1.54) is 10.3 Å². The molecule has 1 fully saturated rings.